The molecule has 0 atom stereocenters. The van der Waals surface area contributed by atoms with Gasteiger partial charge in [0, 0.05) is 33.4 Å². The molecule has 0 amide bonds. The number of allylic oxidation sites excluding steroid dienone is 6. The first kappa shape index (κ1) is 25.6. The number of carbonyl (C=O) groups is 4. The minimum Gasteiger partial charge on any atom is -0.508 e. The van der Waals surface area contributed by atoms with Gasteiger partial charge in [0.15, 0.2) is 0 Å². The van der Waals surface area contributed by atoms with Crippen molar-refractivity contribution in [3.05, 3.63) is 111 Å². The smallest absolute Gasteiger partial charge is 0.232 e. The maximum Gasteiger partial charge on any atom is 0.232 e. The molecule has 0 unspecified atom stereocenters. The molecule has 3 N–H and O–H groups in total. The number of carbonyl (C=O) groups excluding carboxylic acids is 4. The van der Waals surface area contributed by atoms with Crippen LogP contribution in [0.5, 0.6) is 5.75 Å². The Morgan fingerprint density at radius 3 is 1.51 bits per heavy atom. The van der Waals surface area contributed by atoms with E-state index in [2.05, 4.69) is 0 Å². The quantitative estimate of drug-likeness (QED) is 0.378. The summed E-state index contributed by atoms with van der Waals surface area (Å²) in [5, 5.41) is 32.3. The SMILES string of the molecule is CC1=C(O)C(C2=C(CCc3ccccc3O)C(=O)C(=O)C(C)=C2O)=C(CCc2ccccc2)C(=O)C1=O. The van der Waals surface area contributed by atoms with Crippen molar-refractivity contribution in [2.24, 2.45) is 0 Å². The Kier molecular flexibility index (Phi) is 7.07. The molecule has 37 heavy (non-hydrogen) atoms. The topological polar surface area (TPSA) is 129 Å². The number of benzene rings is 2. The first-order chi connectivity index (χ1) is 17.6. The number of aryl methyl sites for hydroxylation is 2. The third kappa shape index (κ3) is 4.68. The number of aromatic hydroxyl groups is 1. The Morgan fingerprint density at radius 2 is 1.00 bits per heavy atom. The van der Waals surface area contributed by atoms with Crippen LogP contribution in [0.1, 0.15) is 37.8 Å². The molecule has 0 aromatic heterocycles. The molecule has 0 saturated heterocycles. The van der Waals surface area contributed by atoms with Gasteiger partial charge in [0.2, 0.25) is 23.1 Å². The lowest BCUT2D eigenvalue weighted by Crippen LogP contribution is -2.31. The Hall–Kier alpha value is -4.52. The summed E-state index contributed by atoms with van der Waals surface area (Å²) in [6.07, 6.45) is 0.520. The first-order valence-corrected chi connectivity index (χ1v) is 11.9. The summed E-state index contributed by atoms with van der Waals surface area (Å²) in [4.78, 5) is 51.6. The Labute approximate surface area is 213 Å². The lowest BCUT2D eigenvalue weighted by atomic mass is 9.76. The van der Waals surface area contributed by atoms with Crippen molar-refractivity contribution in [2.45, 2.75) is 39.5 Å². The average Bonchev–Trinajstić information content (AvgIpc) is 2.90. The second-order valence-corrected chi connectivity index (χ2v) is 9.09. The predicted octanol–water partition coefficient (Wildman–Crippen LogP) is 4.52. The molecule has 7 nitrogen and oxygen atoms in total. The van der Waals surface area contributed by atoms with Crippen molar-refractivity contribution in [3.63, 3.8) is 0 Å². The molecule has 0 saturated carbocycles. The number of aliphatic hydroxyl groups excluding tert-OH is 2. The molecule has 0 radical (unpaired) electrons. The zero-order valence-electron chi connectivity index (χ0n) is 20.5. The average molecular weight is 499 g/mol. The zero-order valence-corrected chi connectivity index (χ0v) is 20.5. The van der Waals surface area contributed by atoms with Gasteiger partial charge >= 0.3 is 0 Å². The number of ketones is 4. The number of hydrogen-bond acceptors (Lipinski definition) is 7. The minimum atomic E-state index is -0.890. The normalized spacial score (nSPS) is 16.9. The molecule has 7 heteroatoms. The summed E-state index contributed by atoms with van der Waals surface area (Å²) < 4.78 is 0. The first-order valence-electron chi connectivity index (χ1n) is 11.9. The summed E-state index contributed by atoms with van der Waals surface area (Å²) in [7, 11) is 0. The van der Waals surface area contributed by atoms with E-state index in [0.717, 1.165) is 5.56 Å². The summed E-state index contributed by atoms with van der Waals surface area (Å²) in [6, 6.07) is 15.8. The van der Waals surface area contributed by atoms with Crippen LogP contribution in [-0.4, -0.2) is 38.5 Å². The highest BCUT2D eigenvalue weighted by atomic mass is 16.3. The molecule has 2 aromatic rings. The van der Waals surface area contributed by atoms with Gasteiger partial charge in [-0.25, -0.2) is 0 Å². The summed E-state index contributed by atoms with van der Waals surface area (Å²) in [6.45, 7) is 2.60. The van der Waals surface area contributed by atoms with E-state index in [1.54, 1.807) is 18.2 Å². The van der Waals surface area contributed by atoms with E-state index in [9.17, 15) is 34.5 Å². The maximum atomic E-state index is 13.2. The van der Waals surface area contributed by atoms with Gasteiger partial charge in [-0.3, -0.25) is 19.2 Å². The molecule has 2 aliphatic rings. The number of aliphatic hydroxyl groups is 2. The molecule has 2 aliphatic carbocycles. The molecule has 188 valence electrons. The summed E-state index contributed by atoms with van der Waals surface area (Å²) >= 11 is 0. The zero-order chi connectivity index (χ0) is 26.9. The van der Waals surface area contributed by atoms with Gasteiger partial charge < -0.3 is 15.3 Å². The third-order valence-electron chi connectivity index (χ3n) is 6.82. The van der Waals surface area contributed by atoms with Crippen LogP contribution in [0.15, 0.2) is 99.6 Å². The largest absolute Gasteiger partial charge is 0.508 e. The van der Waals surface area contributed by atoms with Gasteiger partial charge in [-0.1, -0.05) is 48.5 Å². The fraction of sp³-hybridized carbons (Fsp3) is 0.200. The third-order valence-corrected chi connectivity index (χ3v) is 6.82. The molecular formula is C30H26O7. The van der Waals surface area contributed by atoms with E-state index in [1.165, 1.54) is 19.9 Å². The van der Waals surface area contributed by atoms with E-state index < -0.39 is 34.7 Å². The van der Waals surface area contributed by atoms with E-state index in [1.807, 2.05) is 30.3 Å². The number of phenolic OH excluding ortho intramolecular Hbond substituents is 1. The molecule has 0 aliphatic heterocycles. The Morgan fingerprint density at radius 1 is 0.541 bits per heavy atom. The van der Waals surface area contributed by atoms with E-state index in [4.69, 9.17) is 0 Å². The predicted molar refractivity (Wildman–Crippen MR) is 136 cm³/mol. The van der Waals surface area contributed by atoms with Gasteiger partial charge in [-0.2, -0.15) is 0 Å². The van der Waals surface area contributed by atoms with Gasteiger partial charge in [0.1, 0.15) is 17.3 Å². The van der Waals surface area contributed by atoms with Gasteiger partial charge in [-0.15, -0.1) is 0 Å². The second-order valence-electron chi connectivity index (χ2n) is 9.09. The van der Waals surface area contributed by atoms with Crippen LogP contribution in [0.3, 0.4) is 0 Å². The van der Waals surface area contributed by atoms with Crippen LogP contribution in [0, 0.1) is 0 Å². The van der Waals surface area contributed by atoms with E-state index in [0.29, 0.717) is 12.0 Å². The minimum absolute atomic E-state index is 0.00923. The number of Topliss-reactive ketones (excluding diaryl/α,β-unsaturated/α-hetero) is 4. The van der Waals surface area contributed by atoms with Crippen LogP contribution in [-0.2, 0) is 32.0 Å². The van der Waals surface area contributed by atoms with Crippen molar-refractivity contribution < 1.29 is 34.5 Å². The number of hydrogen-bond donors (Lipinski definition) is 3. The lowest BCUT2D eigenvalue weighted by Gasteiger charge is -2.27. The van der Waals surface area contributed by atoms with Crippen molar-refractivity contribution in [1.82, 2.24) is 0 Å². The standard InChI is InChI=1S/C30H26O7/c1-16-25(32)23(20(29(36)27(16)34)14-12-18-8-4-3-5-9-18)24-21(30(37)28(35)17(2)26(24)33)15-13-19-10-6-7-11-22(19)31/h3-11,31-33H,12-15H2,1-2H3. The van der Waals surface area contributed by atoms with E-state index in [-0.39, 0.29) is 58.5 Å². The highest BCUT2D eigenvalue weighted by Crippen LogP contribution is 2.40. The second kappa shape index (κ2) is 10.2. The molecule has 0 spiro atoms. The molecular weight excluding hydrogens is 472 g/mol. The lowest BCUT2D eigenvalue weighted by molar-refractivity contribution is -0.132. The van der Waals surface area contributed by atoms with Crippen molar-refractivity contribution in [1.29, 1.82) is 0 Å². The number of phenols is 1. The molecule has 0 heterocycles. The van der Waals surface area contributed by atoms with Crippen LogP contribution in [0.4, 0.5) is 0 Å². The number of para-hydroxylation sites is 1. The van der Waals surface area contributed by atoms with Crippen LogP contribution in [0.2, 0.25) is 0 Å². The van der Waals surface area contributed by atoms with Crippen LogP contribution in [0.25, 0.3) is 0 Å². The van der Waals surface area contributed by atoms with Crippen molar-refractivity contribution in [3.8, 4) is 5.75 Å². The molecule has 0 bridgehead atoms. The molecule has 0 fully saturated rings. The highest BCUT2D eigenvalue weighted by Gasteiger charge is 2.40. The fourth-order valence-corrected chi connectivity index (χ4v) is 4.63. The molecule has 4 rings (SSSR count). The van der Waals surface area contributed by atoms with Crippen molar-refractivity contribution >= 4 is 23.1 Å². The van der Waals surface area contributed by atoms with Gasteiger partial charge in [-0.05, 0) is 56.7 Å². The monoisotopic (exact) mass is 498 g/mol. The van der Waals surface area contributed by atoms with Gasteiger partial charge in [0.05, 0.1) is 0 Å². The van der Waals surface area contributed by atoms with Crippen LogP contribution >= 0.6 is 0 Å². The van der Waals surface area contributed by atoms with Gasteiger partial charge in [0.25, 0.3) is 0 Å². The Balaban J connectivity index is 1.91. The molecule has 2 aromatic carbocycles. The summed E-state index contributed by atoms with van der Waals surface area (Å²) in [5.41, 5.74) is 0.631. The van der Waals surface area contributed by atoms with Crippen molar-refractivity contribution in [2.75, 3.05) is 0 Å². The summed E-state index contributed by atoms with van der Waals surface area (Å²) in [5.74, 6) is -4.48. The van der Waals surface area contributed by atoms with E-state index >= 15 is 0 Å². The Bertz CT molecular complexity index is 1470. The number of rotatable bonds is 7. The highest BCUT2D eigenvalue weighted by molar-refractivity contribution is 6.52. The van der Waals surface area contributed by atoms with Crippen LogP contribution < -0.4 is 0 Å². The fourth-order valence-electron chi connectivity index (χ4n) is 4.63. The maximum absolute atomic E-state index is 13.2.